The average molecular weight is 284 g/mol. The summed E-state index contributed by atoms with van der Waals surface area (Å²) in [7, 11) is 0. The van der Waals surface area contributed by atoms with Crippen LogP contribution >= 0.6 is 0 Å². The Labute approximate surface area is 128 Å². The van der Waals surface area contributed by atoms with Crippen molar-refractivity contribution in [3.63, 3.8) is 0 Å². The van der Waals surface area contributed by atoms with E-state index in [0.29, 0.717) is 11.6 Å². The number of nitrogens with zero attached hydrogens (tertiary/aromatic N) is 1. The quantitative estimate of drug-likeness (QED) is 0.848. The highest BCUT2D eigenvalue weighted by Gasteiger charge is 2.52. The molecule has 1 aromatic rings. The van der Waals surface area contributed by atoms with Crippen LogP contribution in [-0.2, 0) is 0 Å². The molecule has 3 aliphatic rings. The Morgan fingerprint density at radius 3 is 2.62 bits per heavy atom. The first-order valence-electron chi connectivity index (χ1n) is 8.65. The number of hydrogen-bond acceptors (Lipinski definition) is 2. The van der Waals surface area contributed by atoms with Crippen LogP contribution in [0.2, 0.25) is 0 Å². The van der Waals surface area contributed by atoms with Crippen molar-refractivity contribution < 1.29 is 0 Å². The Bertz CT molecular complexity index is 536. The number of likely N-dealkylation sites (tertiary alicyclic amines) is 1. The Kier molecular flexibility index (Phi) is 3.16. The van der Waals surface area contributed by atoms with E-state index in [1.54, 1.807) is 11.1 Å². The van der Waals surface area contributed by atoms with Crippen LogP contribution in [0.25, 0.3) is 0 Å². The summed E-state index contributed by atoms with van der Waals surface area (Å²) in [5.41, 5.74) is 3.53. The molecular weight excluding hydrogens is 256 g/mol. The third-order valence-electron chi connectivity index (χ3n) is 6.55. The molecule has 2 heterocycles. The summed E-state index contributed by atoms with van der Waals surface area (Å²) in [6, 6.07) is 9.83. The minimum Gasteiger partial charge on any atom is -0.316 e. The van der Waals surface area contributed by atoms with Gasteiger partial charge in [0.25, 0.3) is 0 Å². The van der Waals surface area contributed by atoms with Crippen molar-refractivity contribution in [1.82, 2.24) is 10.2 Å². The molecule has 0 radical (unpaired) electrons. The van der Waals surface area contributed by atoms with E-state index in [0.717, 1.165) is 17.8 Å². The molecule has 2 fully saturated rings. The zero-order chi connectivity index (χ0) is 14.6. The average Bonchev–Trinajstić information content (AvgIpc) is 3.03. The van der Waals surface area contributed by atoms with Crippen molar-refractivity contribution in [3.8, 4) is 0 Å². The molecule has 1 N–H and O–H groups in total. The van der Waals surface area contributed by atoms with Crippen LogP contribution in [0.1, 0.15) is 56.7 Å². The van der Waals surface area contributed by atoms with Gasteiger partial charge in [-0.1, -0.05) is 31.2 Å². The van der Waals surface area contributed by atoms with Gasteiger partial charge in [0, 0.05) is 24.7 Å². The molecule has 2 nitrogen and oxygen atoms in total. The Morgan fingerprint density at radius 2 is 1.86 bits per heavy atom. The number of fused-ring (bicyclic) bond motifs is 2. The molecule has 1 aromatic carbocycles. The van der Waals surface area contributed by atoms with Gasteiger partial charge in [-0.05, 0) is 62.1 Å². The number of nitrogens with one attached hydrogen (secondary N) is 1. The first kappa shape index (κ1) is 13.8. The molecule has 0 bridgehead atoms. The van der Waals surface area contributed by atoms with E-state index < -0.39 is 0 Å². The first-order valence-corrected chi connectivity index (χ1v) is 8.65. The summed E-state index contributed by atoms with van der Waals surface area (Å²) < 4.78 is 0. The second-order valence-electron chi connectivity index (χ2n) is 7.95. The van der Waals surface area contributed by atoms with Crippen LogP contribution in [0.5, 0.6) is 0 Å². The largest absolute Gasteiger partial charge is 0.316 e. The van der Waals surface area contributed by atoms with E-state index in [-0.39, 0.29) is 0 Å². The second kappa shape index (κ2) is 4.82. The monoisotopic (exact) mass is 284 g/mol. The lowest BCUT2D eigenvalue weighted by molar-refractivity contribution is 0.0769. The molecule has 21 heavy (non-hydrogen) atoms. The highest BCUT2D eigenvalue weighted by Crippen LogP contribution is 2.49. The normalized spacial score (nSPS) is 38.2. The number of rotatable bonds is 1. The molecule has 4 unspecified atom stereocenters. The zero-order valence-corrected chi connectivity index (χ0v) is 13.6. The van der Waals surface area contributed by atoms with Crippen LogP contribution in [0.4, 0.5) is 0 Å². The second-order valence-corrected chi connectivity index (χ2v) is 7.95. The van der Waals surface area contributed by atoms with Gasteiger partial charge in [-0.25, -0.2) is 0 Å². The highest BCUT2D eigenvalue weighted by atomic mass is 15.3. The zero-order valence-electron chi connectivity index (χ0n) is 13.6. The molecule has 0 aromatic heterocycles. The van der Waals surface area contributed by atoms with Crippen molar-refractivity contribution >= 4 is 0 Å². The number of benzene rings is 1. The van der Waals surface area contributed by atoms with E-state index >= 15 is 0 Å². The van der Waals surface area contributed by atoms with E-state index in [1.807, 2.05) is 0 Å². The van der Waals surface area contributed by atoms with Crippen molar-refractivity contribution in [2.45, 2.75) is 51.1 Å². The van der Waals surface area contributed by atoms with E-state index in [4.69, 9.17) is 0 Å². The van der Waals surface area contributed by atoms with Crippen molar-refractivity contribution in [2.24, 2.45) is 11.8 Å². The third-order valence-corrected chi connectivity index (χ3v) is 6.55. The lowest BCUT2D eigenvalue weighted by Gasteiger charge is -2.44. The van der Waals surface area contributed by atoms with E-state index in [1.165, 1.54) is 32.5 Å². The van der Waals surface area contributed by atoms with Gasteiger partial charge >= 0.3 is 0 Å². The van der Waals surface area contributed by atoms with Gasteiger partial charge in [0.05, 0.1) is 0 Å². The smallest absolute Gasteiger partial charge is 0.0356 e. The van der Waals surface area contributed by atoms with E-state index in [2.05, 4.69) is 55.3 Å². The van der Waals surface area contributed by atoms with Gasteiger partial charge in [0.15, 0.2) is 0 Å². The minimum absolute atomic E-state index is 0.326. The molecule has 2 aliphatic heterocycles. The van der Waals surface area contributed by atoms with Gasteiger partial charge in [0.1, 0.15) is 0 Å². The Morgan fingerprint density at radius 1 is 1.10 bits per heavy atom. The fourth-order valence-electron chi connectivity index (χ4n) is 5.29. The molecule has 4 atom stereocenters. The summed E-state index contributed by atoms with van der Waals surface area (Å²) in [5.74, 6) is 2.40. The predicted molar refractivity (Wildman–Crippen MR) is 87.5 cm³/mol. The molecule has 114 valence electrons. The van der Waals surface area contributed by atoms with Crippen LogP contribution in [0.3, 0.4) is 0 Å². The summed E-state index contributed by atoms with van der Waals surface area (Å²) >= 11 is 0. The van der Waals surface area contributed by atoms with Crippen LogP contribution < -0.4 is 5.32 Å². The van der Waals surface area contributed by atoms with Crippen LogP contribution in [0.15, 0.2) is 24.3 Å². The molecule has 4 rings (SSSR count). The molecule has 2 heteroatoms. The van der Waals surface area contributed by atoms with Gasteiger partial charge < -0.3 is 5.32 Å². The van der Waals surface area contributed by atoms with Gasteiger partial charge in [-0.15, -0.1) is 0 Å². The SMILES string of the molecule is CC1CCC(N2CC3CNCC3C2(C)C)c2ccccc21. The van der Waals surface area contributed by atoms with Crippen molar-refractivity contribution in [3.05, 3.63) is 35.4 Å². The standard InChI is InChI=1S/C19H28N2/c1-13-8-9-18(16-7-5-4-6-15(13)16)21-12-14-10-20-11-17(14)19(21,2)3/h4-7,13-14,17-18,20H,8-12H2,1-3H3. The summed E-state index contributed by atoms with van der Waals surface area (Å²) in [6.07, 6.45) is 2.66. The fourth-order valence-corrected chi connectivity index (χ4v) is 5.29. The van der Waals surface area contributed by atoms with Gasteiger partial charge in [-0.3, -0.25) is 4.90 Å². The van der Waals surface area contributed by atoms with E-state index in [9.17, 15) is 0 Å². The predicted octanol–water partition coefficient (Wildman–Crippen LogP) is 3.55. The summed E-state index contributed by atoms with van der Waals surface area (Å²) in [5, 5.41) is 3.60. The molecule has 1 aliphatic carbocycles. The lowest BCUT2D eigenvalue weighted by atomic mass is 9.78. The van der Waals surface area contributed by atoms with Gasteiger partial charge in [-0.2, -0.15) is 0 Å². The highest BCUT2D eigenvalue weighted by molar-refractivity contribution is 5.35. The van der Waals surface area contributed by atoms with Crippen LogP contribution in [0, 0.1) is 11.8 Å². The Balaban J connectivity index is 1.70. The van der Waals surface area contributed by atoms with Crippen LogP contribution in [-0.4, -0.2) is 30.1 Å². The lowest BCUT2D eigenvalue weighted by Crippen LogP contribution is -2.47. The van der Waals surface area contributed by atoms with Crippen molar-refractivity contribution in [2.75, 3.05) is 19.6 Å². The maximum absolute atomic E-state index is 3.60. The first-order chi connectivity index (χ1) is 10.1. The third kappa shape index (κ3) is 1.99. The molecule has 0 saturated carbocycles. The molecule has 2 saturated heterocycles. The minimum atomic E-state index is 0.326. The molecule has 0 spiro atoms. The van der Waals surface area contributed by atoms with Crippen molar-refractivity contribution in [1.29, 1.82) is 0 Å². The Hall–Kier alpha value is -0.860. The molecular formula is C19H28N2. The summed E-state index contributed by atoms with van der Waals surface area (Å²) in [4.78, 5) is 2.84. The number of hydrogen-bond donors (Lipinski definition) is 1. The van der Waals surface area contributed by atoms with Gasteiger partial charge in [0.2, 0.25) is 0 Å². The fraction of sp³-hybridized carbons (Fsp3) is 0.684. The molecule has 0 amide bonds. The maximum Gasteiger partial charge on any atom is 0.0356 e. The topological polar surface area (TPSA) is 15.3 Å². The summed E-state index contributed by atoms with van der Waals surface area (Å²) in [6.45, 7) is 11.0. The maximum atomic E-state index is 3.60.